The Balaban J connectivity index is 1.91. The van der Waals surface area contributed by atoms with Crippen molar-refractivity contribution in [2.24, 2.45) is 0 Å². The average Bonchev–Trinajstić information content (AvgIpc) is 2.41. The predicted molar refractivity (Wildman–Crippen MR) is 79.4 cm³/mol. The lowest BCUT2D eigenvalue weighted by atomic mass is 10.1. The molecule has 0 heterocycles. The van der Waals surface area contributed by atoms with Crippen LogP contribution in [0, 0.1) is 0 Å². The highest BCUT2D eigenvalue weighted by Gasteiger charge is 2.03. The van der Waals surface area contributed by atoms with E-state index in [0.717, 1.165) is 18.7 Å². The third-order valence-corrected chi connectivity index (χ3v) is 3.13. The lowest BCUT2D eigenvalue weighted by molar-refractivity contribution is -0.136. The number of rotatable bonds is 6. The third-order valence-electron chi connectivity index (χ3n) is 3.13. The Kier molecular flexibility index (Phi) is 4.91. The Bertz CT molecular complexity index is 549. The van der Waals surface area contributed by atoms with E-state index in [9.17, 15) is 4.79 Å². The van der Waals surface area contributed by atoms with Gasteiger partial charge in [0.05, 0.1) is 6.42 Å². The van der Waals surface area contributed by atoms with Crippen LogP contribution in [0.25, 0.3) is 0 Å². The summed E-state index contributed by atoms with van der Waals surface area (Å²) in [6.45, 7) is 1.75. The highest BCUT2D eigenvalue weighted by molar-refractivity contribution is 5.70. The van der Waals surface area contributed by atoms with Crippen LogP contribution in [0.15, 0.2) is 54.6 Å². The van der Waals surface area contributed by atoms with Crippen molar-refractivity contribution in [3.8, 4) is 0 Å². The van der Waals surface area contributed by atoms with E-state index in [1.807, 2.05) is 42.5 Å². The second kappa shape index (κ2) is 6.87. The Labute approximate surface area is 119 Å². The Hall–Kier alpha value is -2.13. The summed E-state index contributed by atoms with van der Waals surface area (Å²) < 4.78 is 0. The molecule has 0 spiro atoms. The summed E-state index contributed by atoms with van der Waals surface area (Å²) >= 11 is 0. The summed E-state index contributed by atoms with van der Waals surface area (Å²) in [4.78, 5) is 12.9. The van der Waals surface area contributed by atoms with E-state index in [4.69, 9.17) is 5.11 Å². The molecule has 0 bridgehead atoms. The molecule has 1 N–H and O–H groups in total. The minimum absolute atomic E-state index is 0.0835. The smallest absolute Gasteiger partial charge is 0.307 e. The van der Waals surface area contributed by atoms with Gasteiger partial charge < -0.3 is 5.11 Å². The van der Waals surface area contributed by atoms with Gasteiger partial charge in [-0.25, -0.2) is 0 Å². The SMILES string of the molecule is CN(Cc1ccccc1)Cc1ccc(CC(=O)O)cc1. The molecule has 3 heteroatoms. The summed E-state index contributed by atoms with van der Waals surface area (Å²) in [5.41, 5.74) is 3.32. The fraction of sp³-hybridized carbons (Fsp3) is 0.235. The summed E-state index contributed by atoms with van der Waals surface area (Å²) in [5.74, 6) is -0.793. The van der Waals surface area contributed by atoms with Crippen LogP contribution in [0.4, 0.5) is 0 Å². The van der Waals surface area contributed by atoms with Gasteiger partial charge in [0.2, 0.25) is 0 Å². The first-order chi connectivity index (χ1) is 9.63. The molecule has 0 aliphatic carbocycles. The van der Waals surface area contributed by atoms with Crippen LogP contribution in [-0.2, 0) is 24.3 Å². The minimum Gasteiger partial charge on any atom is -0.481 e. The van der Waals surface area contributed by atoms with Crippen molar-refractivity contribution in [3.63, 3.8) is 0 Å². The van der Waals surface area contributed by atoms with E-state index in [1.165, 1.54) is 11.1 Å². The fourth-order valence-corrected chi connectivity index (χ4v) is 2.20. The first-order valence-corrected chi connectivity index (χ1v) is 6.65. The van der Waals surface area contributed by atoms with Crippen molar-refractivity contribution in [1.29, 1.82) is 0 Å². The zero-order valence-electron chi connectivity index (χ0n) is 11.6. The van der Waals surface area contributed by atoms with Crippen LogP contribution in [-0.4, -0.2) is 23.0 Å². The van der Waals surface area contributed by atoms with Gasteiger partial charge in [0, 0.05) is 13.1 Å². The Morgan fingerprint density at radius 1 is 0.900 bits per heavy atom. The van der Waals surface area contributed by atoms with Crippen molar-refractivity contribution in [2.45, 2.75) is 19.5 Å². The van der Waals surface area contributed by atoms with Gasteiger partial charge in [-0.1, -0.05) is 54.6 Å². The molecule has 20 heavy (non-hydrogen) atoms. The molecule has 0 atom stereocenters. The zero-order valence-corrected chi connectivity index (χ0v) is 11.6. The van der Waals surface area contributed by atoms with E-state index in [2.05, 4.69) is 24.1 Å². The van der Waals surface area contributed by atoms with E-state index in [0.29, 0.717) is 0 Å². The van der Waals surface area contributed by atoms with Crippen molar-refractivity contribution < 1.29 is 9.90 Å². The normalized spacial score (nSPS) is 10.7. The van der Waals surface area contributed by atoms with Gasteiger partial charge in [0.15, 0.2) is 0 Å². The molecule has 0 aromatic heterocycles. The van der Waals surface area contributed by atoms with E-state index in [-0.39, 0.29) is 6.42 Å². The lowest BCUT2D eigenvalue weighted by Gasteiger charge is -2.17. The first kappa shape index (κ1) is 14.3. The fourth-order valence-electron chi connectivity index (χ4n) is 2.20. The average molecular weight is 269 g/mol. The zero-order chi connectivity index (χ0) is 14.4. The van der Waals surface area contributed by atoms with Gasteiger partial charge in [-0.3, -0.25) is 9.69 Å². The second-order valence-electron chi connectivity index (χ2n) is 5.04. The third kappa shape index (κ3) is 4.52. The molecular weight excluding hydrogens is 250 g/mol. The molecule has 0 saturated carbocycles. The molecule has 0 radical (unpaired) electrons. The minimum atomic E-state index is -0.793. The largest absolute Gasteiger partial charge is 0.481 e. The number of nitrogens with zero attached hydrogens (tertiary/aromatic N) is 1. The molecule has 2 aromatic carbocycles. The summed E-state index contributed by atoms with van der Waals surface area (Å²) in [6, 6.07) is 18.1. The monoisotopic (exact) mass is 269 g/mol. The van der Waals surface area contributed by atoms with Crippen molar-refractivity contribution in [1.82, 2.24) is 4.90 Å². The van der Waals surface area contributed by atoms with E-state index in [1.54, 1.807) is 0 Å². The van der Waals surface area contributed by atoms with Crippen LogP contribution in [0.5, 0.6) is 0 Å². The van der Waals surface area contributed by atoms with Crippen LogP contribution < -0.4 is 0 Å². The number of carboxylic acid groups (broad SMARTS) is 1. The number of hydrogen-bond donors (Lipinski definition) is 1. The van der Waals surface area contributed by atoms with Crippen molar-refractivity contribution in [3.05, 3.63) is 71.3 Å². The number of hydrogen-bond acceptors (Lipinski definition) is 2. The molecular formula is C17H19NO2. The summed E-state index contributed by atoms with van der Waals surface area (Å²) in [6.07, 6.45) is 0.0835. The molecule has 0 unspecified atom stereocenters. The Morgan fingerprint density at radius 3 is 1.95 bits per heavy atom. The van der Waals surface area contributed by atoms with Crippen LogP contribution in [0.3, 0.4) is 0 Å². The maximum Gasteiger partial charge on any atom is 0.307 e. The summed E-state index contributed by atoms with van der Waals surface area (Å²) in [5, 5.41) is 8.74. The van der Waals surface area contributed by atoms with Crippen molar-refractivity contribution >= 4 is 5.97 Å². The molecule has 0 saturated heterocycles. The summed E-state index contributed by atoms with van der Waals surface area (Å²) in [7, 11) is 2.08. The van der Waals surface area contributed by atoms with Gasteiger partial charge in [-0.05, 0) is 23.7 Å². The van der Waals surface area contributed by atoms with Crippen LogP contribution in [0.2, 0.25) is 0 Å². The number of carboxylic acids is 1. The number of benzene rings is 2. The first-order valence-electron chi connectivity index (χ1n) is 6.65. The molecule has 0 aliphatic rings. The van der Waals surface area contributed by atoms with Gasteiger partial charge in [0.25, 0.3) is 0 Å². The second-order valence-corrected chi connectivity index (χ2v) is 5.04. The quantitative estimate of drug-likeness (QED) is 0.876. The Morgan fingerprint density at radius 2 is 1.40 bits per heavy atom. The standard InChI is InChI=1S/C17H19NO2/c1-18(12-15-5-3-2-4-6-15)13-16-9-7-14(8-10-16)11-17(19)20/h2-10H,11-13H2,1H3,(H,19,20). The maximum absolute atomic E-state index is 10.6. The molecule has 0 amide bonds. The van der Waals surface area contributed by atoms with Gasteiger partial charge in [-0.15, -0.1) is 0 Å². The topological polar surface area (TPSA) is 40.5 Å². The van der Waals surface area contributed by atoms with Gasteiger partial charge in [-0.2, -0.15) is 0 Å². The molecule has 3 nitrogen and oxygen atoms in total. The van der Waals surface area contributed by atoms with E-state index < -0.39 is 5.97 Å². The molecule has 104 valence electrons. The highest BCUT2D eigenvalue weighted by atomic mass is 16.4. The molecule has 0 fully saturated rings. The maximum atomic E-state index is 10.6. The van der Waals surface area contributed by atoms with Crippen LogP contribution >= 0.6 is 0 Å². The van der Waals surface area contributed by atoms with E-state index >= 15 is 0 Å². The van der Waals surface area contributed by atoms with Gasteiger partial charge >= 0.3 is 5.97 Å². The van der Waals surface area contributed by atoms with Gasteiger partial charge in [0.1, 0.15) is 0 Å². The predicted octanol–water partition coefficient (Wildman–Crippen LogP) is 2.95. The lowest BCUT2D eigenvalue weighted by Crippen LogP contribution is -2.17. The van der Waals surface area contributed by atoms with Crippen molar-refractivity contribution in [2.75, 3.05) is 7.05 Å². The van der Waals surface area contributed by atoms with Crippen LogP contribution in [0.1, 0.15) is 16.7 Å². The molecule has 2 rings (SSSR count). The highest BCUT2D eigenvalue weighted by Crippen LogP contribution is 2.10. The molecule has 2 aromatic rings. The molecule has 0 aliphatic heterocycles. The number of aliphatic carboxylic acids is 1. The number of carbonyl (C=O) groups is 1.